The molecule has 0 radical (unpaired) electrons. The van der Waals surface area contributed by atoms with Crippen LogP contribution in [0.1, 0.15) is 22.4 Å². The van der Waals surface area contributed by atoms with Crippen LogP contribution in [0, 0.1) is 20.8 Å². The smallest absolute Gasteiger partial charge is 0.262 e. The molecule has 0 aliphatic rings. The Labute approximate surface area is 191 Å². The summed E-state index contributed by atoms with van der Waals surface area (Å²) in [4.78, 5) is 29.3. The first-order valence-corrected chi connectivity index (χ1v) is 10.6. The zero-order valence-corrected chi connectivity index (χ0v) is 18.8. The van der Waals surface area contributed by atoms with Crippen molar-refractivity contribution in [3.05, 3.63) is 99.6 Å². The standard InChI is InChI=1S/C26H25N3O4/c1-17-8-11-24-27-20(13-26(31)29(24)14-17)15-33-23-7-5-4-6-22(23)28-25(30)16-32-21-10-9-18(2)19(3)12-21/h4-14H,15-16H2,1-3H3,(H,28,30). The van der Waals surface area contributed by atoms with Crippen LogP contribution in [0.5, 0.6) is 11.5 Å². The molecule has 2 heterocycles. The van der Waals surface area contributed by atoms with Crippen molar-refractivity contribution >= 4 is 17.2 Å². The lowest BCUT2D eigenvalue weighted by atomic mass is 10.1. The minimum absolute atomic E-state index is 0.0889. The monoisotopic (exact) mass is 443 g/mol. The summed E-state index contributed by atoms with van der Waals surface area (Å²) in [6, 6.07) is 17.9. The molecule has 33 heavy (non-hydrogen) atoms. The molecule has 0 aliphatic carbocycles. The van der Waals surface area contributed by atoms with Gasteiger partial charge in [-0.1, -0.05) is 24.3 Å². The minimum atomic E-state index is -0.304. The fourth-order valence-electron chi connectivity index (χ4n) is 3.32. The molecule has 2 aromatic heterocycles. The number of benzene rings is 2. The van der Waals surface area contributed by atoms with Crippen LogP contribution in [0.2, 0.25) is 0 Å². The van der Waals surface area contributed by atoms with Gasteiger partial charge in [-0.05, 0) is 67.8 Å². The first-order chi connectivity index (χ1) is 15.9. The third-order valence-electron chi connectivity index (χ3n) is 5.25. The highest BCUT2D eigenvalue weighted by Crippen LogP contribution is 2.25. The van der Waals surface area contributed by atoms with E-state index in [0.717, 1.165) is 16.7 Å². The molecule has 0 bridgehead atoms. The number of rotatable bonds is 7. The Kier molecular flexibility index (Phi) is 6.40. The SMILES string of the molecule is Cc1ccc2nc(COc3ccccc3NC(=O)COc3ccc(C)c(C)c3)cc(=O)n2c1. The molecule has 0 unspecified atom stereocenters. The summed E-state index contributed by atoms with van der Waals surface area (Å²) in [5, 5.41) is 2.82. The third kappa shape index (κ3) is 5.38. The van der Waals surface area contributed by atoms with Crippen LogP contribution in [0.3, 0.4) is 0 Å². The zero-order chi connectivity index (χ0) is 23.4. The van der Waals surface area contributed by atoms with Gasteiger partial charge in [-0.3, -0.25) is 14.0 Å². The number of para-hydroxylation sites is 2. The van der Waals surface area contributed by atoms with Crippen LogP contribution in [0.4, 0.5) is 5.69 Å². The van der Waals surface area contributed by atoms with Gasteiger partial charge < -0.3 is 14.8 Å². The van der Waals surface area contributed by atoms with Gasteiger partial charge in [0, 0.05) is 12.3 Å². The second kappa shape index (κ2) is 9.56. The molecule has 4 rings (SSSR count). The van der Waals surface area contributed by atoms with Gasteiger partial charge in [-0.15, -0.1) is 0 Å². The van der Waals surface area contributed by atoms with Crippen molar-refractivity contribution in [3.63, 3.8) is 0 Å². The molecule has 0 saturated carbocycles. The number of fused-ring (bicyclic) bond motifs is 1. The maximum Gasteiger partial charge on any atom is 0.262 e. The zero-order valence-electron chi connectivity index (χ0n) is 18.8. The Bertz CT molecular complexity index is 1380. The fraction of sp³-hybridized carbons (Fsp3) is 0.192. The van der Waals surface area contributed by atoms with E-state index in [0.29, 0.717) is 28.5 Å². The normalized spacial score (nSPS) is 10.8. The number of nitrogens with zero attached hydrogens (tertiary/aromatic N) is 2. The Morgan fingerprint density at radius 2 is 1.79 bits per heavy atom. The number of carbonyl (C=O) groups excluding carboxylic acids is 1. The number of hydrogen-bond acceptors (Lipinski definition) is 5. The van der Waals surface area contributed by atoms with Crippen LogP contribution in [0.25, 0.3) is 5.65 Å². The molecule has 1 amide bonds. The Morgan fingerprint density at radius 1 is 0.970 bits per heavy atom. The average Bonchev–Trinajstić information content (AvgIpc) is 2.80. The number of aromatic nitrogens is 2. The first kappa shape index (κ1) is 22.1. The number of nitrogens with one attached hydrogen (secondary N) is 1. The van der Waals surface area contributed by atoms with Crippen molar-refractivity contribution in [1.29, 1.82) is 0 Å². The van der Waals surface area contributed by atoms with E-state index in [9.17, 15) is 9.59 Å². The molecule has 7 heteroatoms. The van der Waals surface area contributed by atoms with Crippen molar-refractivity contribution in [2.24, 2.45) is 0 Å². The summed E-state index contributed by atoms with van der Waals surface area (Å²) in [6.07, 6.45) is 1.75. The average molecular weight is 444 g/mol. The highest BCUT2D eigenvalue weighted by Gasteiger charge is 2.10. The molecular formula is C26H25N3O4. The molecule has 0 spiro atoms. The Morgan fingerprint density at radius 3 is 2.61 bits per heavy atom. The number of pyridine rings is 1. The van der Waals surface area contributed by atoms with Crippen LogP contribution in [-0.2, 0) is 11.4 Å². The highest BCUT2D eigenvalue weighted by atomic mass is 16.5. The molecule has 0 aliphatic heterocycles. The predicted molar refractivity (Wildman–Crippen MR) is 127 cm³/mol. The molecule has 1 N–H and O–H groups in total. The molecule has 168 valence electrons. The van der Waals surface area contributed by atoms with Gasteiger partial charge in [0.1, 0.15) is 23.8 Å². The van der Waals surface area contributed by atoms with E-state index in [1.54, 1.807) is 30.5 Å². The molecule has 0 fully saturated rings. The van der Waals surface area contributed by atoms with Gasteiger partial charge >= 0.3 is 0 Å². The summed E-state index contributed by atoms with van der Waals surface area (Å²) in [5.74, 6) is 0.811. The van der Waals surface area contributed by atoms with E-state index in [2.05, 4.69) is 10.3 Å². The topological polar surface area (TPSA) is 81.9 Å². The summed E-state index contributed by atoms with van der Waals surface area (Å²) in [7, 11) is 0. The van der Waals surface area contributed by atoms with Crippen molar-refractivity contribution in [2.75, 3.05) is 11.9 Å². The number of amides is 1. The maximum absolute atomic E-state index is 12.4. The van der Waals surface area contributed by atoms with E-state index in [4.69, 9.17) is 9.47 Å². The second-order valence-corrected chi connectivity index (χ2v) is 7.89. The molecule has 0 atom stereocenters. The largest absolute Gasteiger partial charge is 0.485 e. The molecular weight excluding hydrogens is 418 g/mol. The predicted octanol–water partition coefficient (Wildman–Crippen LogP) is 4.22. The number of hydrogen-bond donors (Lipinski definition) is 1. The van der Waals surface area contributed by atoms with Crippen molar-refractivity contribution in [3.8, 4) is 11.5 Å². The lowest BCUT2D eigenvalue weighted by Crippen LogP contribution is -2.20. The number of ether oxygens (including phenoxy) is 2. The van der Waals surface area contributed by atoms with Gasteiger partial charge in [0.05, 0.1) is 11.4 Å². The van der Waals surface area contributed by atoms with Gasteiger partial charge in [0.2, 0.25) is 0 Å². The first-order valence-electron chi connectivity index (χ1n) is 10.6. The Hall–Kier alpha value is -4.13. The van der Waals surface area contributed by atoms with E-state index >= 15 is 0 Å². The maximum atomic E-state index is 12.4. The van der Waals surface area contributed by atoms with Gasteiger partial charge in [0.15, 0.2) is 6.61 Å². The Balaban J connectivity index is 1.41. The summed E-state index contributed by atoms with van der Waals surface area (Å²) < 4.78 is 13.0. The minimum Gasteiger partial charge on any atom is -0.485 e. The summed E-state index contributed by atoms with van der Waals surface area (Å²) in [5.41, 5.74) is 4.63. The van der Waals surface area contributed by atoms with E-state index < -0.39 is 0 Å². The van der Waals surface area contributed by atoms with E-state index in [-0.39, 0.29) is 24.7 Å². The van der Waals surface area contributed by atoms with Crippen LogP contribution in [-0.4, -0.2) is 21.9 Å². The molecule has 4 aromatic rings. The second-order valence-electron chi connectivity index (χ2n) is 7.89. The lowest BCUT2D eigenvalue weighted by molar-refractivity contribution is -0.118. The van der Waals surface area contributed by atoms with Crippen molar-refractivity contribution in [1.82, 2.24) is 9.38 Å². The summed E-state index contributed by atoms with van der Waals surface area (Å²) in [6.45, 7) is 5.90. The number of anilines is 1. The molecule has 7 nitrogen and oxygen atoms in total. The van der Waals surface area contributed by atoms with Crippen LogP contribution >= 0.6 is 0 Å². The summed E-state index contributed by atoms with van der Waals surface area (Å²) >= 11 is 0. The molecule has 2 aromatic carbocycles. The van der Waals surface area contributed by atoms with Gasteiger partial charge in [0.25, 0.3) is 11.5 Å². The van der Waals surface area contributed by atoms with Gasteiger partial charge in [-0.2, -0.15) is 0 Å². The number of aryl methyl sites for hydroxylation is 3. The fourth-order valence-corrected chi connectivity index (χ4v) is 3.32. The quantitative estimate of drug-likeness (QED) is 0.463. The lowest BCUT2D eigenvalue weighted by Gasteiger charge is -2.13. The van der Waals surface area contributed by atoms with E-state index in [1.807, 2.05) is 51.1 Å². The molecule has 0 saturated heterocycles. The van der Waals surface area contributed by atoms with Crippen molar-refractivity contribution < 1.29 is 14.3 Å². The van der Waals surface area contributed by atoms with Gasteiger partial charge in [-0.25, -0.2) is 4.98 Å². The number of carbonyl (C=O) groups is 1. The van der Waals surface area contributed by atoms with Crippen LogP contribution in [0.15, 0.2) is 71.7 Å². The van der Waals surface area contributed by atoms with Crippen molar-refractivity contribution in [2.45, 2.75) is 27.4 Å². The van der Waals surface area contributed by atoms with Crippen LogP contribution < -0.4 is 20.3 Å². The third-order valence-corrected chi connectivity index (χ3v) is 5.25. The highest BCUT2D eigenvalue weighted by molar-refractivity contribution is 5.93. The van der Waals surface area contributed by atoms with E-state index in [1.165, 1.54) is 10.5 Å².